The highest BCUT2D eigenvalue weighted by atomic mass is 79.9. The summed E-state index contributed by atoms with van der Waals surface area (Å²) in [6.45, 7) is 3.98. The van der Waals surface area contributed by atoms with Crippen LogP contribution in [0.25, 0.3) is 0 Å². The number of anilines is 1. The third kappa shape index (κ3) is 3.04. The number of nitrogens with one attached hydrogen (secondary N) is 2. The van der Waals surface area contributed by atoms with Crippen molar-refractivity contribution in [1.82, 2.24) is 5.32 Å². The van der Waals surface area contributed by atoms with Crippen molar-refractivity contribution in [3.63, 3.8) is 0 Å². The van der Waals surface area contributed by atoms with Crippen LogP contribution >= 0.6 is 15.9 Å². The minimum atomic E-state index is -1.10. The lowest BCUT2D eigenvalue weighted by Gasteiger charge is -2.29. The van der Waals surface area contributed by atoms with Crippen molar-refractivity contribution in [3.8, 4) is 5.75 Å². The Hall–Kier alpha value is -1.76. The summed E-state index contributed by atoms with van der Waals surface area (Å²) < 4.78 is 6.40. The van der Waals surface area contributed by atoms with Gasteiger partial charge in [0.05, 0.1) is 10.2 Å². The van der Waals surface area contributed by atoms with Gasteiger partial charge in [-0.15, -0.1) is 0 Å². The monoisotopic (exact) mass is 342 g/mol. The molecule has 0 fully saturated rings. The van der Waals surface area contributed by atoms with Gasteiger partial charge in [0.15, 0.2) is 11.9 Å². The van der Waals surface area contributed by atoms with Crippen molar-refractivity contribution in [1.29, 1.82) is 0 Å². The highest BCUT2D eigenvalue weighted by Crippen LogP contribution is 2.39. The first-order valence-electron chi connectivity index (χ1n) is 6.15. The Bertz CT molecular complexity index is 560. The molecule has 1 aromatic rings. The fourth-order valence-corrected chi connectivity index (χ4v) is 2.57. The second-order valence-corrected chi connectivity index (χ2v) is 5.74. The number of amides is 2. The van der Waals surface area contributed by atoms with Gasteiger partial charge in [0.1, 0.15) is 0 Å². The second kappa shape index (κ2) is 5.70. The quantitative estimate of drug-likeness (QED) is 0.787. The summed E-state index contributed by atoms with van der Waals surface area (Å²) >= 11 is 3.38. The number of ether oxygens (including phenoxy) is 1. The van der Waals surface area contributed by atoms with Crippen molar-refractivity contribution in [3.05, 3.63) is 22.2 Å². The summed E-state index contributed by atoms with van der Waals surface area (Å²) in [5.74, 6) is 0.438. The van der Waals surface area contributed by atoms with E-state index >= 15 is 0 Å². The molecule has 1 aromatic carbocycles. The van der Waals surface area contributed by atoms with Crippen molar-refractivity contribution < 1.29 is 19.4 Å². The van der Waals surface area contributed by atoms with Gasteiger partial charge in [-0.25, -0.2) is 4.79 Å². The second-order valence-electron chi connectivity index (χ2n) is 4.88. The van der Waals surface area contributed by atoms with E-state index in [9.17, 15) is 9.59 Å². The molecule has 3 N–H and O–H groups in total. The van der Waals surface area contributed by atoms with E-state index in [1.807, 2.05) is 13.8 Å². The van der Waals surface area contributed by atoms with E-state index in [1.165, 1.54) is 0 Å². The molecular formula is C13H15BrN2O4. The van der Waals surface area contributed by atoms with Crippen molar-refractivity contribution in [2.75, 3.05) is 5.32 Å². The van der Waals surface area contributed by atoms with E-state index in [4.69, 9.17) is 9.84 Å². The molecule has 2 rings (SSSR count). The van der Waals surface area contributed by atoms with Crippen LogP contribution in [-0.2, 0) is 11.3 Å². The Kier molecular flexibility index (Phi) is 4.17. The average molecular weight is 343 g/mol. The zero-order valence-corrected chi connectivity index (χ0v) is 12.7. The minimum absolute atomic E-state index is 0.0587. The van der Waals surface area contributed by atoms with Crippen LogP contribution in [0.4, 0.5) is 10.5 Å². The summed E-state index contributed by atoms with van der Waals surface area (Å²) in [5.41, 5.74) is 1.27. The van der Waals surface area contributed by atoms with Gasteiger partial charge in [0.25, 0.3) is 5.91 Å². The van der Waals surface area contributed by atoms with Crippen LogP contribution < -0.4 is 15.4 Å². The lowest BCUT2D eigenvalue weighted by Crippen LogP contribution is -2.40. The van der Waals surface area contributed by atoms with Gasteiger partial charge >= 0.3 is 6.09 Å². The Morgan fingerprint density at radius 3 is 2.85 bits per heavy atom. The molecule has 6 nitrogen and oxygen atoms in total. The predicted molar refractivity (Wildman–Crippen MR) is 76.9 cm³/mol. The molecule has 1 aliphatic heterocycles. The summed E-state index contributed by atoms with van der Waals surface area (Å²) in [5, 5.41) is 13.7. The lowest BCUT2D eigenvalue weighted by molar-refractivity contribution is -0.125. The molecule has 0 bridgehead atoms. The maximum Gasteiger partial charge on any atom is 0.404 e. The highest BCUT2D eigenvalue weighted by Gasteiger charge is 2.31. The zero-order chi connectivity index (χ0) is 14.9. The summed E-state index contributed by atoms with van der Waals surface area (Å²) in [4.78, 5) is 22.4. The van der Waals surface area contributed by atoms with Crippen LogP contribution in [0.3, 0.4) is 0 Å². The fourth-order valence-electron chi connectivity index (χ4n) is 1.97. The number of hydrogen-bond donors (Lipinski definition) is 3. The topological polar surface area (TPSA) is 87.7 Å². The van der Waals surface area contributed by atoms with Gasteiger partial charge in [-0.3, -0.25) is 4.79 Å². The van der Waals surface area contributed by atoms with E-state index in [2.05, 4.69) is 26.6 Å². The number of benzene rings is 1. The molecule has 7 heteroatoms. The summed E-state index contributed by atoms with van der Waals surface area (Å²) in [6.07, 6.45) is -1.62. The number of carboxylic acid groups (broad SMARTS) is 1. The first-order valence-corrected chi connectivity index (χ1v) is 6.94. The molecular weight excluding hydrogens is 328 g/mol. The Balaban J connectivity index is 2.27. The number of carbonyl (C=O) groups is 2. The van der Waals surface area contributed by atoms with Crippen LogP contribution in [0.5, 0.6) is 5.75 Å². The number of hydrogen-bond acceptors (Lipinski definition) is 3. The lowest BCUT2D eigenvalue weighted by atomic mass is 10.0. The van der Waals surface area contributed by atoms with E-state index in [1.54, 1.807) is 12.1 Å². The molecule has 0 saturated heterocycles. The predicted octanol–water partition coefficient (Wildman–Crippen LogP) is 2.57. The molecule has 0 aromatic heterocycles. The van der Waals surface area contributed by atoms with Gasteiger partial charge < -0.3 is 20.5 Å². The third-order valence-electron chi connectivity index (χ3n) is 2.91. The van der Waals surface area contributed by atoms with Gasteiger partial charge in [-0.2, -0.15) is 0 Å². The smallest absolute Gasteiger partial charge is 0.404 e. The molecule has 1 aliphatic rings. The van der Waals surface area contributed by atoms with Crippen molar-refractivity contribution >= 4 is 33.6 Å². The molecule has 2 amide bonds. The molecule has 0 radical (unpaired) electrons. The molecule has 0 spiro atoms. The fraction of sp³-hybridized carbons (Fsp3) is 0.385. The van der Waals surface area contributed by atoms with Crippen LogP contribution in [0.15, 0.2) is 16.6 Å². The minimum Gasteiger partial charge on any atom is -0.477 e. The Labute approximate surface area is 124 Å². The molecule has 0 saturated carbocycles. The van der Waals surface area contributed by atoms with E-state index in [-0.39, 0.29) is 18.4 Å². The molecule has 1 unspecified atom stereocenters. The van der Waals surface area contributed by atoms with Gasteiger partial charge in [0, 0.05) is 6.54 Å². The normalized spacial score (nSPS) is 17.2. The largest absolute Gasteiger partial charge is 0.477 e. The Morgan fingerprint density at radius 1 is 1.55 bits per heavy atom. The summed E-state index contributed by atoms with van der Waals surface area (Å²) in [7, 11) is 0. The van der Waals surface area contributed by atoms with Crippen LogP contribution in [0.2, 0.25) is 0 Å². The average Bonchev–Trinajstić information content (AvgIpc) is 2.35. The first-order chi connectivity index (χ1) is 9.38. The highest BCUT2D eigenvalue weighted by molar-refractivity contribution is 9.10. The van der Waals surface area contributed by atoms with Gasteiger partial charge in [-0.1, -0.05) is 13.8 Å². The number of halogens is 1. The molecule has 108 valence electrons. The maximum absolute atomic E-state index is 11.9. The summed E-state index contributed by atoms with van der Waals surface area (Å²) in [6, 6.07) is 3.47. The molecule has 1 atom stereocenters. The standard InChI is InChI=1S/C13H15BrN2O4/c1-6(2)10-12(17)16-9-4-7(5-15-13(18)19)3-8(14)11(9)20-10/h3-4,6,10,15H,5H2,1-2H3,(H,16,17)(H,18,19). The zero-order valence-electron chi connectivity index (χ0n) is 11.1. The van der Waals surface area contributed by atoms with Crippen molar-refractivity contribution in [2.45, 2.75) is 26.5 Å². The van der Waals surface area contributed by atoms with Crippen LogP contribution in [-0.4, -0.2) is 23.2 Å². The Morgan fingerprint density at radius 2 is 2.25 bits per heavy atom. The number of rotatable bonds is 3. The molecule has 1 heterocycles. The van der Waals surface area contributed by atoms with E-state index in [0.717, 1.165) is 5.56 Å². The van der Waals surface area contributed by atoms with Crippen molar-refractivity contribution in [2.24, 2.45) is 5.92 Å². The number of carbonyl (C=O) groups excluding carboxylic acids is 1. The third-order valence-corrected chi connectivity index (χ3v) is 3.50. The number of fused-ring (bicyclic) bond motifs is 1. The van der Waals surface area contributed by atoms with Crippen LogP contribution in [0.1, 0.15) is 19.4 Å². The van der Waals surface area contributed by atoms with E-state index < -0.39 is 12.2 Å². The first kappa shape index (κ1) is 14.6. The molecule has 20 heavy (non-hydrogen) atoms. The SMILES string of the molecule is CC(C)C1Oc2c(Br)cc(CNC(=O)O)cc2NC1=O. The van der Waals surface area contributed by atoms with Gasteiger partial charge in [-0.05, 0) is 39.5 Å². The van der Waals surface area contributed by atoms with E-state index in [0.29, 0.717) is 15.9 Å². The van der Waals surface area contributed by atoms with Crippen LogP contribution in [0, 0.1) is 5.92 Å². The maximum atomic E-state index is 11.9. The molecule has 0 aliphatic carbocycles. The van der Waals surface area contributed by atoms with Gasteiger partial charge in [0.2, 0.25) is 0 Å².